The maximum Gasteiger partial charge on any atom is 0.200 e. The van der Waals surface area contributed by atoms with Gasteiger partial charge in [-0.2, -0.15) is 4.37 Å². The van der Waals surface area contributed by atoms with Crippen molar-refractivity contribution in [1.29, 1.82) is 0 Å². The van der Waals surface area contributed by atoms with Crippen LogP contribution in [0.2, 0.25) is 0 Å². The summed E-state index contributed by atoms with van der Waals surface area (Å²) in [6, 6.07) is 0. The molecule has 0 amide bonds. The number of morpholine rings is 1. The molecule has 6 heteroatoms. The molecule has 13 heavy (non-hydrogen) atoms. The van der Waals surface area contributed by atoms with Gasteiger partial charge in [0.1, 0.15) is 6.10 Å². The third kappa shape index (κ3) is 1.96. The number of nitrogens with zero attached hydrogens (tertiary/aromatic N) is 3. The van der Waals surface area contributed by atoms with Gasteiger partial charge in [0.05, 0.1) is 6.61 Å². The van der Waals surface area contributed by atoms with Crippen LogP contribution in [-0.2, 0) is 4.74 Å². The molecule has 1 aromatic heterocycles. The third-order valence-corrected chi connectivity index (χ3v) is 2.57. The molecule has 0 saturated carbocycles. The zero-order valence-electron chi connectivity index (χ0n) is 7.43. The topological polar surface area (TPSA) is 64.3 Å². The Morgan fingerprint density at radius 2 is 2.54 bits per heavy atom. The molecule has 2 heterocycles. The minimum Gasteiger partial charge on any atom is -0.374 e. The van der Waals surface area contributed by atoms with E-state index >= 15 is 0 Å². The molecule has 0 aromatic carbocycles. The first-order chi connectivity index (χ1) is 6.25. The van der Waals surface area contributed by atoms with E-state index in [4.69, 9.17) is 10.5 Å². The van der Waals surface area contributed by atoms with Crippen LogP contribution in [0, 0.1) is 0 Å². The molecule has 0 aliphatic carbocycles. The number of ether oxygens (including phenoxy) is 1. The van der Waals surface area contributed by atoms with Gasteiger partial charge in [-0.05, 0) is 7.05 Å². The van der Waals surface area contributed by atoms with Gasteiger partial charge >= 0.3 is 0 Å². The quantitative estimate of drug-likeness (QED) is 0.697. The van der Waals surface area contributed by atoms with Crippen LogP contribution in [0.25, 0.3) is 0 Å². The normalized spacial score (nSPS) is 24.8. The maximum absolute atomic E-state index is 5.53. The van der Waals surface area contributed by atoms with Gasteiger partial charge in [-0.1, -0.05) is 0 Å². The van der Waals surface area contributed by atoms with Gasteiger partial charge in [-0.25, -0.2) is 4.98 Å². The van der Waals surface area contributed by atoms with Gasteiger partial charge in [0.2, 0.25) is 0 Å². The summed E-state index contributed by atoms with van der Waals surface area (Å²) >= 11 is 1.22. The van der Waals surface area contributed by atoms with Crippen LogP contribution < -0.4 is 5.73 Å². The number of hydrogen-bond donors (Lipinski definition) is 1. The number of anilines is 1. The highest BCUT2D eigenvalue weighted by Gasteiger charge is 2.22. The Bertz CT molecular complexity index is 290. The second kappa shape index (κ2) is 3.57. The summed E-state index contributed by atoms with van der Waals surface area (Å²) in [7, 11) is 2.06. The first-order valence-corrected chi connectivity index (χ1v) is 4.92. The summed E-state index contributed by atoms with van der Waals surface area (Å²) in [5.41, 5.74) is 5.50. The average Bonchev–Trinajstić information content (AvgIpc) is 2.52. The monoisotopic (exact) mass is 200 g/mol. The van der Waals surface area contributed by atoms with Crippen LogP contribution in [0.4, 0.5) is 5.13 Å². The van der Waals surface area contributed by atoms with Crippen LogP contribution in [0.5, 0.6) is 0 Å². The van der Waals surface area contributed by atoms with Gasteiger partial charge in [-0.15, -0.1) is 0 Å². The molecule has 1 saturated heterocycles. The Balaban J connectivity index is 2.08. The van der Waals surface area contributed by atoms with Crippen molar-refractivity contribution in [2.75, 3.05) is 32.5 Å². The number of aromatic nitrogens is 2. The summed E-state index contributed by atoms with van der Waals surface area (Å²) < 4.78 is 9.66. The Hall–Kier alpha value is -0.720. The van der Waals surface area contributed by atoms with Crippen molar-refractivity contribution >= 4 is 16.7 Å². The van der Waals surface area contributed by atoms with Crippen LogP contribution in [0.15, 0.2) is 0 Å². The minimum atomic E-state index is -0.00713. The largest absolute Gasteiger partial charge is 0.374 e. The van der Waals surface area contributed by atoms with Gasteiger partial charge in [0.15, 0.2) is 11.0 Å². The van der Waals surface area contributed by atoms with E-state index in [-0.39, 0.29) is 6.10 Å². The predicted molar refractivity (Wildman–Crippen MR) is 50.5 cm³/mol. The zero-order chi connectivity index (χ0) is 9.26. The van der Waals surface area contributed by atoms with Crippen molar-refractivity contribution in [3.05, 3.63) is 5.82 Å². The zero-order valence-corrected chi connectivity index (χ0v) is 8.25. The van der Waals surface area contributed by atoms with Crippen molar-refractivity contribution < 1.29 is 4.74 Å². The molecule has 72 valence electrons. The number of nitrogens with two attached hydrogens (primary N) is 1. The summed E-state index contributed by atoms with van der Waals surface area (Å²) in [6.45, 7) is 2.55. The van der Waals surface area contributed by atoms with E-state index in [1.54, 1.807) is 0 Å². The van der Waals surface area contributed by atoms with Gasteiger partial charge < -0.3 is 15.4 Å². The van der Waals surface area contributed by atoms with Crippen molar-refractivity contribution in [2.24, 2.45) is 0 Å². The SMILES string of the molecule is CN1CCOC(c2nsc(N)n2)C1. The lowest BCUT2D eigenvalue weighted by atomic mass is 10.3. The van der Waals surface area contributed by atoms with Gasteiger partial charge in [0, 0.05) is 24.6 Å². The molecule has 0 spiro atoms. The fourth-order valence-corrected chi connectivity index (χ4v) is 1.79. The molecule has 0 radical (unpaired) electrons. The lowest BCUT2D eigenvalue weighted by Gasteiger charge is -2.28. The van der Waals surface area contributed by atoms with Gasteiger partial charge in [0.25, 0.3) is 0 Å². The number of rotatable bonds is 1. The smallest absolute Gasteiger partial charge is 0.200 e. The number of nitrogen functional groups attached to an aromatic ring is 1. The Kier molecular flexibility index (Phi) is 2.43. The Morgan fingerprint density at radius 1 is 1.69 bits per heavy atom. The highest BCUT2D eigenvalue weighted by Crippen LogP contribution is 2.20. The average molecular weight is 200 g/mol. The highest BCUT2D eigenvalue weighted by atomic mass is 32.1. The van der Waals surface area contributed by atoms with E-state index in [2.05, 4.69) is 21.3 Å². The fourth-order valence-electron chi connectivity index (χ4n) is 1.31. The van der Waals surface area contributed by atoms with E-state index in [0.29, 0.717) is 11.0 Å². The van der Waals surface area contributed by atoms with E-state index in [0.717, 1.165) is 19.7 Å². The molecule has 1 fully saturated rings. The molecule has 1 atom stereocenters. The molecular formula is C7H12N4OS. The number of likely N-dealkylation sites (N-methyl/N-ethyl adjacent to an activating group) is 1. The Morgan fingerprint density at radius 3 is 3.15 bits per heavy atom. The number of hydrogen-bond acceptors (Lipinski definition) is 6. The minimum absolute atomic E-state index is 0.00713. The third-order valence-electron chi connectivity index (χ3n) is 2.01. The van der Waals surface area contributed by atoms with E-state index < -0.39 is 0 Å². The molecular weight excluding hydrogens is 188 g/mol. The molecule has 1 unspecified atom stereocenters. The van der Waals surface area contributed by atoms with Crippen molar-refractivity contribution in [2.45, 2.75) is 6.10 Å². The van der Waals surface area contributed by atoms with Crippen molar-refractivity contribution in [3.8, 4) is 0 Å². The maximum atomic E-state index is 5.53. The molecule has 1 aromatic rings. The molecule has 1 aliphatic rings. The van der Waals surface area contributed by atoms with Crippen molar-refractivity contribution in [3.63, 3.8) is 0 Å². The summed E-state index contributed by atoms with van der Waals surface area (Å²) in [6.07, 6.45) is -0.00713. The summed E-state index contributed by atoms with van der Waals surface area (Å²) in [5.74, 6) is 0.717. The summed E-state index contributed by atoms with van der Waals surface area (Å²) in [4.78, 5) is 6.30. The predicted octanol–water partition coefficient (Wildman–Crippen LogP) is 0.123. The first kappa shape index (κ1) is 8.86. The van der Waals surface area contributed by atoms with Crippen molar-refractivity contribution in [1.82, 2.24) is 14.3 Å². The molecule has 1 aliphatic heterocycles. The first-order valence-electron chi connectivity index (χ1n) is 4.15. The van der Waals surface area contributed by atoms with Gasteiger partial charge in [-0.3, -0.25) is 0 Å². The van der Waals surface area contributed by atoms with E-state index in [9.17, 15) is 0 Å². The summed E-state index contributed by atoms with van der Waals surface area (Å²) in [5, 5.41) is 0.506. The second-order valence-electron chi connectivity index (χ2n) is 3.11. The van der Waals surface area contributed by atoms with E-state index in [1.165, 1.54) is 11.5 Å². The molecule has 0 bridgehead atoms. The highest BCUT2D eigenvalue weighted by molar-refractivity contribution is 7.09. The molecule has 2 N–H and O–H groups in total. The van der Waals surface area contributed by atoms with Crippen LogP contribution >= 0.6 is 11.5 Å². The lowest BCUT2D eigenvalue weighted by molar-refractivity contribution is -0.0248. The standard InChI is InChI=1S/C7H12N4OS/c1-11-2-3-12-5(4-11)6-9-7(8)13-10-6/h5H,2-4H2,1H3,(H2,8,9,10). The Labute approximate surface area is 80.7 Å². The lowest BCUT2D eigenvalue weighted by Crippen LogP contribution is -2.35. The van der Waals surface area contributed by atoms with Crippen LogP contribution in [0.3, 0.4) is 0 Å². The van der Waals surface area contributed by atoms with E-state index in [1.807, 2.05) is 0 Å². The second-order valence-corrected chi connectivity index (χ2v) is 3.90. The molecule has 5 nitrogen and oxygen atoms in total. The molecule has 2 rings (SSSR count). The fraction of sp³-hybridized carbons (Fsp3) is 0.714. The van der Waals surface area contributed by atoms with Crippen LogP contribution in [-0.4, -0.2) is 41.0 Å². The van der Waals surface area contributed by atoms with Crippen LogP contribution in [0.1, 0.15) is 11.9 Å².